The van der Waals surface area contributed by atoms with Crippen molar-refractivity contribution in [3.8, 4) is 0 Å². The summed E-state index contributed by atoms with van der Waals surface area (Å²) < 4.78 is 12.2. The highest BCUT2D eigenvalue weighted by molar-refractivity contribution is 5.70. The van der Waals surface area contributed by atoms with E-state index in [1.54, 1.807) is 0 Å². The molecule has 0 aromatic heterocycles. The van der Waals surface area contributed by atoms with E-state index in [1.807, 2.05) is 6.92 Å². The molecule has 0 fully saturated rings. The average Bonchev–Trinajstić information content (AvgIpc) is 1.88. The van der Waals surface area contributed by atoms with Crippen molar-refractivity contribution in [2.75, 3.05) is 6.54 Å². The molecule has 0 bridgehead atoms. The quantitative estimate of drug-likeness (QED) is 0.476. The Morgan fingerprint density at radius 2 is 2.20 bits per heavy atom. The number of nitrogens with two attached hydrogens (primary N) is 1. The molecule has 0 aliphatic rings. The molecule has 0 heterocycles. The van der Waals surface area contributed by atoms with Crippen molar-refractivity contribution >= 4 is 6.03 Å². The van der Waals surface area contributed by atoms with Crippen molar-refractivity contribution in [1.29, 1.82) is 0 Å². The van der Waals surface area contributed by atoms with Gasteiger partial charge in [-0.15, -0.1) is 0 Å². The van der Waals surface area contributed by atoms with Crippen molar-refractivity contribution in [2.45, 2.75) is 26.2 Å². The van der Waals surface area contributed by atoms with Crippen LogP contribution in [0.1, 0.15) is 26.2 Å². The molecule has 0 radical (unpaired) electrons. The minimum atomic E-state index is -1.00. The Hall–Kier alpha value is -0.800. The van der Waals surface area contributed by atoms with Crippen molar-refractivity contribution in [1.82, 2.24) is 5.12 Å². The number of carbonyl (C=O) groups is 1. The molecule has 0 saturated heterocycles. The predicted octanol–water partition coefficient (Wildman–Crippen LogP) is 1.44. The fourth-order valence-electron chi connectivity index (χ4n) is 0.611. The van der Waals surface area contributed by atoms with Gasteiger partial charge >= 0.3 is 6.03 Å². The highest BCUT2D eigenvalue weighted by atomic mass is 19.2. The van der Waals surface area contributed by atoms with E-state index in [9.17, 15) is 9.28 Å². The van der Waals surface area contributed by atoms with Crippen LogP contribution < -0.4 is 5.73 Å². The van der Waals surface area contributed by atoms with Crippen molar-refractivity contribution in [3.63, 3.8) is 0 Å². The van der Waals surface area contributed by atoms with E-state index in [0.29, 0.717) is 6.42 Å². The first-order chi connectivity index (χ1) is 4.68. The monoisotopic (exact) mass is 148 g/mol. The zero-order valence-electron chi connectivity index (χ0n) is 6.14. The molecule has 60 valence electrons. The van der Waals surface area contributed by atoms with E-state index in [4.69, 9.17) is 0 Å². The van der Waals surface area contributed by atoms with Crippen LogP contribution in [-0.2, 0) is 0 Å². The molecule has 0 aromatic rings. The molecule has 0 unspecified atom stereocenters. The Morgan fingerprint density at radius 1 is 1.60 bits per heavy atom. The number of primary amides is 1. The number of nitrogens with zero attached hydrogens (tertiary/aromatic N) is 1. The van der Waals surface area contributed by atoms with Gasteiger partial charge in [0.25, 0.3) is 0 Å². The highest BCUT2D eigenvalue weighted by Crippen LogP contribution is 1.97. The van der Waals surface area contributed by atoms with Crippen LogP contribution in [0.25, 0.3) is 0 Å². The SMILES string of the molecule is CCCCCN(F)C(N)=O. The third-order valence-corrected chi connectivity index (χ3v) is 1.20. The molecular formula is C6H13FN2O. The van der Waals surface area contributed by atoms with Gasteiger partial charge < -0.3 is 5.73 Å². The first-order valence-electron chi connectivity index (χ1n) is 3.41. The van der Waals surface area contributed by atoms with Crippen LogP contribution in [0.3, 0.4) is 0 Å². The summed E-state index contributed by atoms with van der Waals surface area (Å²) in [6.07, 6.45) is 2.61. The molecule has 0 spiro atoms. The number of halogens is 1. The molecule has 0 saturated carbocycles. The second-order valence-corrected chi connectivity index (χ2v) is 2.13. The predicted molar refractivity (Wildman–Crippen MR) is 36.9 cm³/mol. The van der Waals surface area contributed by atoms with E-state index in [1.165, 1.54) is 0 Å². The Morgan fingerprint density at radius 3 is 2.60 bits per heavy atom. The topological polar surface area (TPSA) is 46.3 Å². The molecule has 0 atom stereocenters. The third-order valence-electron chi connectivity index (χ3n) is 1.20. The van der Waals surface area contributed by atoms with Gasteiger partial charge in [-0.3, -0.25) is 0 Å². The summed E-state index contributed by atoms with van der Waals surface area (Å²) in [6, 6.07) is -1.00. The van der Waals surface area contributed by atoms with Crippen LogP contribution in [0.5, 0.6) is 0 Å². The van der Waals surface area contributed by atoms with E-state index in [-0.39, 0.29) is 11.7 Å². The lowest BCUT2D eigenvalue weighted by atomic mass is 10.2. The van der Waals surface area contributed by atoms with Gasteiger partial charge in [0.15, 0.2) is 0 Å². The summed E-state index contributed by atoms with van der Waals surface area (Å²) in [6.45, 7) is 2.12. The van der Waals surface area contributed by atoms with Gasteiger partial charge in [-0.2, -0.15) is 5.12 Å². The first-order valence-corrected chi connectivity index (χ1v) is 3.41. The minimum absolute atomic E-state index is 0.0374. The van der Waals surface area contributed by atoms with Gasteiger partial charge in [-0.25, -0.2) is 4.79 Å². The second kappa shape index (κ2) is 5.02. The number of hydrogen-bond acceptors (Lipinski definition) is 1. The normalized spacial score (nSPS) is 9.40. The van der Waals surface area contributed by atoms with Crippen LogP contribution in [0.15, 0.2) is 0 Å². The van der Waals surface area contributed by atoms with Crippen molar-refractivity contribution in [2.24, 2.45) is 5.73 Å². The molecule has 0 aliphatic heterocycles. The number of unbranched alkanes of at least 4 members (excludes halogenated alkanes) is 2. The van der Waals surface area contributed by atoms with Crippen molar-refractivity contribution in [3.05, 3.63) is 0 Å². The summed E-state index contributed by atoms with van der Waals surface area (Å²) in [7, 11) is 0. The number of rotatable bonds is 4. The summed E-state index contributed by atoms with van der Waals surface area (Å²) in [5.41, 5.74) is 4.63. The Balaban J connectivity index is 3.21. The maximum absolute atomic E-state index is 12.2. The van der Waals surface area contributed by atoms with Gasteiger partial charge in [0.2, 0.25) is 0 Å². The molecule has 2 amide bonds. The lowest BCUT2D eigenvalue weighted by Gasteiger charge is -2.06. The van der Waals surface area contributed by atoms with Gasteiger partial charge in [0.1, 0.15) is 0 Å². The Bertz CT molecular complexity index is 108. The van der Waals surface area contributed by atoms with Crippen LogP contribution in [-0.4, -0.2) is 17.7 Å². The summed E-state index contributed by atoms with van der Waals surface area (Å²) in [4.78, 5) is 10.1. The molecule has 0 aliphatic carbocycles. The molecule has 3 nitrogen and oxygen atoms in total. The number of amides is 2. The summed E-state index contributed by atoms with van der Waals surface area (Å²) in [5.74, 6) is 0. The zero-order chi connectivity index (χ0) is 7.98. The standard InChI is InChI=1S/C6H13FN2O/c1-2-3-4-5-9(7)6(8)10/h2-5H2,1H3,(H2,8,10). The highest BCUT2D eigenvalue weighted by Gasteiger charge is 2.04. The van der Waals surface area contributed by atoms with Gasteiger partial charge in [0.05, 0.1) is 6.54 Å². The number of carbonyl (C=O) groups excluding carboxylic acids is 1. The van der Waals surface area contributed by atoms with Crippen LogP contribution >= 0.6 is 0 Å². The molecule has 0 aromatic carbocycles. The molecular weight excluding hydrogens is 135 g/mol. The van der Waals surface area contributed by atoms with E-state index < -0.39 is 6.03 Å². The largest absolute Gasteiger partial charge is 0.350 e. The van der Waals surface area contributed by atoms with E-state index >= 15 is 0 Å². The van der Waals surface area contributed by atoms with Gasteiger partial charge in [0, 0.05) is 0 Å². The third kappa shape index (κ3) is 4.12. The van der Waals surface area contributed by atoms with Crippen LogP contribution in [0, 0.1) is 0 Å². The fraction of sp³-hybridized carbons (Fsp3) is 0.833. The average molecular weight is 148 g/mol. The molecule has 4 heteroatoms. The lowest BCUT2D eigenvalue weighted by molar-refractivity contribution is 0.0704. The number of urea groups is 1. The Kier molecular flexibility index (Phi) is 4.62. The second-order valence-electron chi connectivity index (χ2n) is 2.13. The van der Waals surface area contributed by atoms with Crippen LogP contribution in [0.4, 0.5) is 9.28 Å². The minimum Gasteiger partial charge on any atom is -0.350 e. The molecule has 0 rings (SSSR count). The zero-order valence-corrected chi connectivity index (χ0v) is 6.14. The fourth-order valence-corrected chi connectivity index (χ4v) is 0.611. The van der Waals surface area contributed by atoms with Gasteiger partial charge in [-0.05, 0) is 6.42 Å². The molecule has 10 heavy (non-hydrogen) atoms. The maximum atomic E-state index is 12.2. The van der Waals surface area contributed by atoms with Crippen molar-refractivity contribution < 1.29 is 9.28 Å². The van der Waals surface area contributed by atoms with Gasteiger partial charge in [-0.1, -0.05) is 24.2 Å². The van der Waals surface area contributed by atoms with Crippen LogP contribution in [0.2, 0.25) is 0 Å². The number of hydrogen-bond donors (Lipinski definition) is 1. The molecule has 2 N–H and O–H groups in total. The summed E-state index contributed by atoms with van der Waals surface area (Å²) in [5, 5.41) is 0.0374. The summed E-state index contributed by atoms with van der Waals surface area (Å²) >= 11 is 0. The van der Waals surface area contributed by atoms with E-state index in [2.05, 4.69) is 5.73 Å². The Labute approximate surface area is 59.9 Å². The first kappa shape index (κ1) is 9.20. The maximum Gasteiger partial charge on any atom is 0.342 e. The smallest absolute Gasteiger partial charge is 0.342 e. The lowest BCUT2D eigenvalue weighted by Crippen LogP contribution is -2.29. The van der Waals surface area contributed by atoms with E-state index in [0.717, 1.165) is 12.8 Å².